The molecule has 0 spiro atoms. The molecule has 1 N–H and O–H groups in total. The average Bonchev–Trinajstić information content (AvgIpc) is 2.75. The van der Waals surface area contributed by atoms with Crippen molar-refractivity contribution < 1.29 is 14.3 Å². The zero-order chi connectivity index (χ0) is 14.7. The van der Waals surface area contributed by atoms with E-state index < -0.39 is 0 Å². The minimum atomic E-state index is -0.179. The zero-order valence-electron chi connectivity index (χ0n) is 12.4. The van der Waals surface area contributed by atoms with Gasteiger partial charge in [-0.25, -0.2) is 0 Å². The van der Waals surface area contributed by atoms with E-state index in [-0.39, 0.29) is 24.2 Å². The molecule has 110 valence electrons. The summed E-state index contributed by atoms with van der Waals surface area (Å²) in [6, 6.07) is 7.62. The van der Waals surface area contributed by atoms with Crippen LogP contribution in [-0.2, 0) is 9.53 Å². The quantitative estimate of drug-likeness (QED) is 0.888. The molecule has 2 rings (SSSR count). The largest absolute Gasteiger partial charge is 0.497 e. The number of amides is 1. The molecule has 20 heavy (non-hydrogen) atoms. The van der Waals surface area contributed by atoms with Crippen molar-refractivity contribution in [1.29, 1.82) is 0 Å². The molecular formula is C15H22N2O3. The van der Waals surface area contributed by atoms with Crippen LogP contribution in [0.2, 0.25) is 0 Å². The van der Waals surface area contributed by atoms with E-state index in [0.29, 0.717) is 6.61 Å². The molecule has 3 atom stereocenters. The third kappa shape index (κ3) is 2.78. The summed E-state index contributed by atoms with van der Waals surface area (Å²) in [5.41, 5.74) is 1.05. The monoisotopic (exact) mass is 278 g/mol. The average molecular weight is 278 g/mol. The van der Waals surface area contributed by atoms with Crippen LogP contribution in [0.1, 0.15) is 25.6 Å². The normalized spacial score (nSPS) is 24.0. The molecule has 3 unspecified atom stereocenters. The second-order valence-electron chi connectivity index (χ2n) is 5.11. The molecule has 0 saturated carbocycles. The molecule has 0 aliphatic carbocycles. The van der Waals surface area contributed by atoms with Gasteiger partial charge >= 0.3 is 0 Å². The van der Waals surface area contributed by atoms with Gasteiger partial charge in [0, 0.05) is 7.11 Å². The second kappa shape index (κ2) is 6.24. The molecule has 1 aromatic rings. The summed E-state index contributed by atoms with van der Waals surface area (Å²) in [6.45, 7) is 4.41. The first-order valence-electron chi connectivity index (χ1n) is 6.79. The van der Waals surface area contributed by atoms with Crippen molar-refractivity contribution in [2.24, 2.45) is 0 Å². The molecule has 1 heterocycles. The number of nitrogens with one attached hydrogen (secondary N) is 1. The zero-order valence-corrected chi connectivity index (χ0v) is 12.4. The maximum atomic E-state index is 12.3. The Morgan fingerprint density at radius 2 is 1.95 bits per heavy atom. The number of rotatable bonds is 5. The van der Waals surface area contributed by atoms with Gasteiger partial charge in [0.25, 0.3) is 0 Å². The van der Waals surface area contributed by atoms with Crippen LogP contribution in [0.25, 0.3) is 0 Å². The summed E-state index contributed by atoms with van der Waals surface area (Å²) >= 11 is 0. The van der Waals surface area contributed by atoms with Gasteiger partial charge in [0.1, 0.15) is 11.9 Å². The Morgan fingerprint density at radius 3 is 2.50 bits per heavy atom. The van der Waals surface area contributed by atoms with E-state index in [0.717, 1.165) is 11.3 Å². The molecule has 0 aromatic heterocycles. The lowest BCUT2D eigenvalue weighted by molar-refractivity contribution is -0.132. The van der Waals surface area contributed by atoms with E-state index in [4.69, 9.17) is 9.47 Å². The minimum absolute atomic E-state index is 0.0250. The van der Waals surface area contributed by atoms with Crippen LogP contribution in [0.15, 0.2) is 24.3 Å². The topological polar surface area (TPSA) is 50.8 Å². The Labute approximate surface area is 119 Å². The highest BCUT2D eigenvalue weighted by molar-refractivity contribution is 5.84. The predicted molar refractivity (Wildman–Crippen MR) is 76.5 cm³/mol. The Hall–Kier alpha value is -1.59. The van der Waals surface area contributed by atoms with Crippen molar-refractivity contribution in [3.8, 4) is 5.75 Å². The summed E-state index contributed by atoms with van der Waals surface area (Å²) in [4.78, 5) is 14.2. The van der Waals surface area contributed by atoms with E-state index in [1.807, 2.05) is 43.0 Å². The van der Waals surface area contributed by atoms with Crippen LogP contribution >= 0.6 is 0 Å². The van der Waals surface area contributed by atoms with Crippen molar-refractivity contribution >= 4 is 5.91 Å². The van der Waals surface area contributed by atoms with E-state index in [9.17, 15) is 4.79 Å². The first-order valence-corrected chi connectivity index (χ1v) is 6.79. The van der Waals surface area contributed by atoms with Gasteiger partial charge in [-0.3, -0.25) is 10.1 Å². The Balaban J connectivity index is 2.24. The van der Waals surface area contributed by atoms with Gasteiger partial charge in [-0.2, -0.15) is 0 Å². The van der Waals surface area contributed by atoms with Gasteiger partial charge in [0.05, 0.1) is 25.8 Å². The molecule has 0 bridgehead atoms. The first-order chi connectivity index (χ1) is 9.58. The van der Waals surface area contributed by atoms with Crippen molar-refractivity contribution in [3.05, 3.63) is 29.8 Å². The highest BCUT2D eigenvalue weighted by Crippen LogP contribution is 2.28. The number of hydrogen-bond acceptors (Lipinski definition) is 4. The second-order valence-corrected chi connectivity index (χ2v) is 5.11. The fourth-order valence-corrected chi connectivity index (χ4v) is 2.58. The summed E-state index contributed by atoms with van der Waals surface area (Å²) in [6.07, 6.45) is -0.117. The summed E-state index contributed by atoms with van der Waals surface area (Å²) < 4.78 is 10.3. The smallest absolute Gasteiger partial charge is 0.241 e. The highest BCUT2D eigenvalue weighted by atomic mass is 16.5. The van der Waals surface area contributed by atoms with Crippen LogP contribution in [0.5, 0.6) is 5.75 Å². The number of benzene rings is 1. The summed E-state index contributed by atoms with van der Waals surface area (Å²) in [7, 11) is 3.29. The lowest BCUT2D eigenvalue weighted by Crippen LogP contribution is -2.40. The van der Waals surface area contributed by atoms with Crippen LogP contribution < -0.4 is 10.1 Å². The van der Waals surface area contributed by atoms with Crippen LogP contribution in [0.4, 0.5) is 0 Å². The van der Waals surface area contributed by atoms with Gasteiger partial charge in [0.2, 0.25) is 5.91 Å². The lowest BCUT2D eigenvalue weighted by atomic mass is 10.1. The number of methoxy groups -OCH3 is 2. The van der Waals surface area contributed by atoms with Gasteiger partial charge in [-0.05, 0) is 31.5 Å². The molecule has 1 amide bonds. The van der Waals surface area contributed by atoms with Gasteiger partial charge < -0.3 is 14.4 Å². The SMILES string of the molecule is COCC(C)N1C(=O)C(C)NC1c1ccc(OC)cc1. The number of nitrogens with zero attached hydrogens (tertiary/aromatic N) is 1. The number of ether oxygens (including phenoxy) is 2. The highest BCUT2D eigenvalue weighted by Gasteiger charge is 2.39. The molecule has 5 heteroatoms. The van der Waals surface area contributed by atoms with E-state index in [1.54, 1.807) is 14.2 Å². The maximum absolute atomic E-state index is 12.3. The first kappa shape index (κ1) is 14.8. The fourth-order valence-electron chi connectivity index (χ4n) is 2.58. The Kier molecular flexibility index (Phi) is 4.62. The molecule has 1 aliphatic heterocycles. The maximum Gasteiger partial charge on any atom is 0.241 e. The van der Waals surface area contributed by atoms with E-state index >= 15 is 0 Å². The molecule has 1 aromatic carbocycles. The third-order valence-electron chi connectivity index (χ3n) is 3.63. The van der Waals surface area contributed by atoms with Crippen LogP contribution in [-0.4, -0.2) is 43.7 Å². The molecule has 1 fully saturated rings. The Bertz CT molecular complexity index is 461. The third-order valence-corrected chi connectivity index (χ3v) is 3.63. The number of carbonyl (C=O) groups is 1. The molecule has 1 aliphatic rings. The Morgan fingerprint density at radius 1 is 1.30 bits per heavy atom. The van der Waals surface area contributed by atoms with Crippen molar-refractivity contribution in [2.75, 3.05) is 20.8 Å². The predicted octanol–water partition coefficient (Wildman–Crippen LogP) is 1.55. The number of hydrogen-bond donors (Lipinski definition) is 1. The molecule has 5 nitrogen and oxygen atoms in total. The molecular weight excluding hydrogens is 256 g/mol. The molecule has 0 radical (unpaired) electrons. The summed E-state index contributed by atoms with van der Waals surface area (Å²) in [5, 5.41) is 3.33. The van der Waals surface area contributed by atoms with Crippen LogP contribution in [0.3, 0.4) is 0 Å². The minimum Gasteiger partial charge on any atom is -0.497 e. The van der Waals surface area contributed by atoms with Crippen molar-refractivity contribution in [2.45, 2.75) is 32.1 Å². The number of carbonyl (C=O) groups excluding carboxylic acids is 1. The fraction of sp³-hybridized carbons (Fsp3) is 0.533. The van der Waals surface area contributed by atoms with Gasteiger partial charge in [-0.1, -0.05) is 12.1 Å². The van der Waals surface area contributed by atoms with Gasteiger partial charge in [-0.15, -0.1) is 0 Å². The van der Waals surface area contributed by atoms with Crippen molar-refractivity contribution in [1.82, 2.24) is 10.2 Å². The van der Waals surface area contributed by atoms with Crippen LogP contribution in [0, 0.1) is 0 Å². The molecule has 1 saturated heterocycles. The van der Waals surface area contributed by atoms with Gasteiger partial charge in [0.15, 0.2) is 0 Å². The van der Waals surface area contributed by atoms with Crippen molar-refractivity contribution in [3.63, 3.8) is 0 Å². The lowest BCUT2D eigenvalue weighted by Gasteiger charge is -2.30. The standard InChI is InChI=1S/C15H22N2O3/c1-10(9-19-3)17-14(16-11(2)15(17)18)12-5-7-13(20-4)8-6-12/h5-8,10-11,14,16H,9H2,1-4H3. The van der Waals surface area contributed by atoms with E-state index in [2.05, 4.69) is 5.32 Å². The van der Waals surface area contributed by atoms with E-state index in [1.165, 1.54) is 0 Å². The summed E-state index contributed by atoms with van der Waals surface area (Å²) in [5.74, 6) is 0.915.